The number of nitrogens with zero attached hydrogens (tertiary/aromatic N) is 1. The number of sulfonamides is 1. The highest BCUT2D eigenvalue weighted by molar-refractivity contribution is 7.89. The van der Waals surface area contributed by atoms with E-state index in [4.69, 9.17) is 5.73 Å². The van der Waals surface area contributed by atoms with E-state index in [1.807, 2.05) is 36.4 Å². The third-order valence-electron chi connectivity index (χ3n) is 3.85. The maximum Gasteiger partial charge on any atom is 0.243 e. The smallest absolute Gasteiger partial charge is 0.243 e. The molecule has 0 heterocycles. The lowest BCUT2D eigenvalue weighted by Crippen LogP contribution is -2.26. The Kier molecular flexibility index (Phi) is 5.49. The minimum absolute atomic E-state index is 0. The molecule has 0 fully saturated rings. The Hall–Kier alpha value is -2.08. The number of halogens is 1. The van der Waals surface area contributed by atoms with E-state index in [2.05, 4.69) is 0 Å². The van der Waals surface area contributed by atoms with E-state index in [1.54, 1.807) is 37.4 Å². The van der Waals surface area contributed by atoms with Crippen molar-refractivity contribution in [1.82, 2.24) is 4.31 Å². The lowest BCUT2D eigenvalue weighted by Gasteiger charge is -2.19. The van der Waals surface area contributed by atoms with Crippen LogP contribution in [0.15, 0.2) is 71.6 Å². The Morgan fingerprint density at radius 1 is 0.875 bits per heavy atom. The van der Waals surface area contributed by atoms with Gasteiger partial charge in [-0.15, -0.1) is 12.4 Å². The number of fused-ring (bicyclic) bond motifs is 1. The summed E-state index contributed by atoms with van der Waals surface area (Å²) in [5.74, 6) is 0. The molecule has 4 nitrogen and oxygen atoms in total. The quantitative estimate of drug-likeness (QED) is 0.720. The molecule has 0 bridgehead atoms. The van der Waals surface area contributed by atoms with Crippen LogP contribution >= 0.6 is 12.4 Å². The third-order valence-corrected chi connectivity index (χ3v) is 5.71. The van der Waals surface area contributed by atoms with Crippen molar-refractivity contribution in [3.63, 3.8) is 0 Å². The molecule has 0 spiro atoms. The fourth-order valence-electron chi connectivity index (χ4n) is 2.62. The van der Waals surface area contributed by atoms with Crippen LogP contribution in [0.5, 0.6) is 0 Å². The molecule has 0 atom stereocenters. The molecule has 0 aliphatic heterocycles. The fourth-order valence-corrected chi connectivity index (χ4v) is 3.99. The second kappa shape index (κ2) is 7.21. The Labute approximate surface area is 148 Å². The first-order valence-electron chi connectivity index (χ1n) is 7.27. The maximum absolute atomic E-state index is 12.9. The van der Waals surface area contributed by atoms with Crippen LogP contribution in [-0.4, -0.2) is 19.8 Å². The highest BCUT2D eigenvalue weighted by Crippen LogP contribution is 2.29. The topological polar surface area (TPSA) is 63.4 Å². The maximum atomic E-state index is 12.9. The zero-order chi connectivity index (χ0) is 16.4. The molecular weight excluding hydrogens is 344 g/mol. The van der Waals surface area contributed by atoms with Crippen molar-refractivity contribution in [2.75, 3.05) is 12.8 Å². The van der Waals surface area contributed by atoms with Gasteiger partial charge >= 0.3 is 0 Å². The van der Waals surface area contributed by atoms with Crippen molar-refractivity contribution in [2.45, 2.75) is 11.4 Å². The first-order chi connectivity index (χ1) is 11.0. The normalized spacial score (nSPS) is 11.4. The first-order valence-corrected chi connectivity index (χ1v) is 8.71. The van der Waals surface area contributed by atoms with Crippen LogP contribution in [0.4, 0.5) is 5.69 Å². The standard InChI is InChI=1S/C18H18N2O2S.ClH/c1-20(13-14-7-3-2-4-8-14)23(21,22)18-12-6-9-15-16(18)10-5-11-17(15)19;/h2-12H,13,19H2,1H3;1H. The minimum atomic E-state index is -3.60. The largest absolute Gasteiger partial charge is 0.398 e. The number of nitrogen functional groups attached to an aromatic ring is 1. The van der Waals surface area contributed by atoms with Crippen molar-refractivity contribution in [2.24, 2.45) is 0 Å². The highest BCUT2D eigenvalue weighted by atomic mass is 35.5. The average Bonchev–Trinajstić information content (AvgIpc) is 2.55. The summed E-state index contributed by atoms with van der Waals surface area (Å²) in [6, 6.07) is 20.0. The molecule has 2 N–H and O–H groups in total. The average molecular weight is 363 g/mol. The molecule has 0 aliphatic carbocycles. The summed E-state index contributed by atoms with van der Waals surface area (Å²) in [6.07, 6.45) is 0. The summed E-state index contributed by atoms with van der Waals surface area (Å²) in [4.78, 5) is 0.278. The van der Waals surface area contributed by atoms with Crippen LogP contribution < -0.4 is 5.73 Å². The third kappa shape index (κ3) is 3.38. The highest BCUT2D eigenvalue weighted by Gasteiger charge is 2.23. The summed E-state index contributed by atoms with van der Waals surface area (Å²) in [5, 5.41) is 1.40. The number of hydrogen-bond donors (Lipinski definition) is 1. The SMILES string of the molecule is CN(Cc1ccccc1)S(=O)(=O)c1cccc2c(N)cccc12.Cl. The molecule has 0 unspecified atom stereocenters. The number of anilines is 1. The van der Waals surface area contributed by atoms with Crippen LogP contribution in [-0.2, 0) is 16.6 Å². The van der Waals surface area contributed by atoms with E-state index in [0.29, 0.717) is 17.6 Å². The van der Waals surface area contributed by atoms with Gasteiger partial charge in [-0.05, 0) is 17.7 Å². The van der Waals surface area contributed by atoms with Gasteiger partial charge in [0.15, 0.2) is 0 Å². The Morgan fingerprint density at radius 3 is 2.21 bits per heavy atom. The summed E-state index contributed by atoms with van der Waals surface area (Å²) in [5.41, 5.74) is 7.48. The second-order valence-electron chi connectivity index (χ2n) is 5.45. The molecule has 126 valence electrons. The first kappa shape index (κ1) is 18.3. The molecule has 24 heavy (non-hydrogen) atoms. The predicted octanol–water partition coefficient (Wildman–Crippen LogP) is 3.66. The summed E-state index contributed by atoms with van der Waals surface area (Å²) < 4.78 is 27.3. The van der Waals surface area contributed by atoms with Crippen molar-refractivity contribution >= 4 is 38.9 Å². The van der Waals surface area contributed by atoms with Crippen LogP contribution in [0.25, 0.3) is 10.8 Å². The summed E-state index contributed by atoms with van der Waals surface area (Å²) in [7, 11) is -2.01. The van der Waals surface area contributed by atoms with Crippen molar-refractivity contribution in [3.8, 4) is 0 Å². The van der Waals surface area contributed by atoms with E-state index in [1.165, 1.54) is 4.31 Å². The molecule has 6 heteroatoms. The van der Waals surface area contributed by atoms with Crippen molar-refractivity contribution in [3.05, 3.63) is 72.3 Å². The molecule has 3 aromatic carbocycles. The summed E-state index contributed by atoms with van der Waals surface area (Å²) in [6.45, 7) is 0.321. The number of hydrogen-bond acceptors (Lipinski definition) is 3. The van der Waals surface area contributed by atoms with Gasteiger partial charge < -0.3 is 5.73 Å². The molecule has 0 aliphatic rings. The van der Waals surface area contributed by atoms with Gasteiger partial charge in [0.25, 0.3) is 0 Å². The molecule has 0 amide bonds. The summed E-state index contributed by atoms with van der Waals surface area (Å²) >= 11 is 0. The van der Waals surface area contributed by atoms with Gasteiger partial charge in [0.1, 0.15) is 0 Å². The number of benzene rings is 3. The van der Waals surface area contributed by atoms with Gasteiger partial charge in [-0.1, -0.05) is 54.6 Å². The van der Waals surface area contributed by atoms with Crippen LogP contribution in [0.1, 0.15) is 5.56 Å². The van der Waals surface area contributed by atoms with E-state index in [-0.39, 0.29) is 17.3 Å². The van der Waals surface area contributed by atoms with Gasteiger partial charge in [0, 0.05) is 30.1 Å². The number of rotatable bonds is 4. The molecule has 0 radical (unpaired) electrons. The lowest BCUT2D eigenvalue weighted by molar-refractivity contribution is 0.467. The van der Waals surface area contributed by atoms with E-state index < -0.39 is 10.0 Å². The predicted molar refractivity (Wildman–Crippen MR) is 101 cm³/mol. The van der Waals surface area contributed by atoms with Gasteiger partial charge in [-0.25, -0.2) is 8.42 Å². The molecule has 0 saturated heterocycles. The Bertz CT molecular complexity index is 944. The van der Waals surface area contributed by atoms with Gasteiger partial charge in [0.05, 0.1) is 4.90 Å². The molecule has 0 saturated carbocycles. The van der Waals surface area contributed by atoms with Crippen molar-refractivity contribution in [1.29, 1.82) is 0 Å². The number of nitrogens with two attached hydrogens (primary N) is 1. The second-order valence-corrected chi connectivity index (χ2v) is 7.46. The zero-order valence-corrected chi connectivity index (χ0v) is 14.8. The van der Waals surface area contributed by atoms with E-state index in [9.17, 15) is 8.42 Å². The minimum Gasteiger partial charge on any atom is -0.398 e. The van der Waals surface area contributed by atoms with Gasteiger partial charge in [-0.3, -0.25) is 0 Å². The Balaban J connectivity index is 0.00000208. The molecule has 3 rings (SSSR count). The van der Waals surface area contributed by atoms with E-state index >= 15 is 0 Å². The lowest BCUT2D eigenvalue weighted by atomic mass is 10.1. The van der Waals surface area contributed by atoms with E-state index in [0.717, 1.165) is 10.9 Å². The molecule has 3 aromatic rings. The molecular formula is C18H19ClN2O2S. The Morgan fingerprint density at radius 2 is 1.50 bits per heavy atom. The van der Waals surface area contributed by atoms with Gasteiger partial charge in [0.2, 0.25) is 10.0 Å². The molecule has 0 aromatic heterocycles. The van der Waals surface area contributed by atoms with Gasteiger partial charge in [-0.2, -0.15) is 4.31 Å². The van der Waals surface area contributed by atoms with Crippen LogP contribution in [0.3, 0.4) is 0 Å². The fraction of sp³-hybridized carbons (Fsp3) is 0.111. The van der Waals surface area contributed by atoms with Crippen LogP contribution in [0.2, 0.25) is 0 Å². The van der Waals surface area contributed by atoms with Crippen molar-refractivity contribution < 1.29 is 8.42 Å². The monoisotopic (exact) mass is 362 g/mol. The van der Waals surface area contributed by atoms with Crippen LogP contribution in [0, 0.1) is 0 Å². The zero-order valence-electron chi connectivity index (χ0n) is 13.2.